The van der Waals surface area contributed by atoms with Crippen LogP contribution in [0.1, 0.15) is 11.6 Å². The zero-order chi connectivity index (χ0) is 19.5. The SMILES string of the molecule is COc1ccc(NN2C(=O)N(c3ccccc3)C(=O)[C@H]2c2ccccc2)cc1. The fourth-order valence-corrected chi connectivity index (χ4v) is 3.20. The Kier molecular flexibility index (Phi) is 4.68. The monoisotopic (exact) mass is 373 g/mol. The average molecular weight is 373 g/mol. The van der Waals surface area contributed by atoms with E-state index in [4.69, 9.17) is 4.74 Å². The molecule has 0 spiro atoms. The predicted octanol–water partition coefficient (Wildman–Crippen LogP) is 4.23. The number of carbonyl (C=O) groups is 2. The minimum absolute atomic E-state index is 0.302. The minimum atomic E-state index is -0.768. The van der Waals surface area contributed by atoms with Gasteiger partial charge in [0.05, 0.1) is 18.5 Å². The Balaban J connectivity index is 1.72. The molecule has 3 aromatic rings. The molecule has 0 radical (unpaired) electrons. The number of hydrogen-bond acceptors (Lipinski definition) is 4. The number of urea groups is 1. The summed E-state index contributed by atoms with van der Waals surface area (Å²) in [5.41, 5.74) is 5.04. The van der Waals surface area contributed by atoms with E-state index in [2.05, 4.69) is 5.43 Å². The lowest BCUT2D eigenvalue weighted by Gasteiger charge is -2.23. The van der Waals surface area contributed by atoms with Gasteiger partial charge in [-0.25, -0.2) is 14.7 Å². The van der Waals surface area contributed by atoms with E-state index in [9.17, 15) is 9.59 Å². The number of nitrogens with one attached hydrogen (secondary N) is 1. The highest BCUT2D eigenvalue weighted by molar-refractivity contribution is 6.21. The molecule has 1 aliphatic rings. The Hall–Kier alpha value is -3.80. The molecule has 1 saturated heterocycles. The number of methoxy groups -OCH3 is 1. The summed E-state index contributed by atoms with van der Waals surface area (Å²) in [5.74, 6) is 0.406. The summed E-state index contributed by atoms with van der Waals surface area (Å²) in [6.07, 6.45) is 0. The highest BCUT2D eigenvalue weighted by Crippen LogP contribution is 2.34. The fraction of sp³-hybridized carbons (Fsp3) is 0.0909. The van der Waals surface area contributed by atoms with E-state index in [0.717, 1.165) is 5.56 Å². The van der Waals surface area contributed by atoms with E-state index in [1.165, 1.54) is 9.91 Å². The first-order valence-electron chi connectivity index (χ1n) is 8.87. The highest BCUT2D eigenvalue weighted by atomic mass is 16.5. The Morgan fingerprint density at radius 3 is 2.04 bits per heavy atom. The average Bonchev–Trinajstić information content (AvgIpc) is 2.99. The van der Waals surface area contributed by atoms with E-state index in [-0.39, 0.29) is 5.91 Å². The molecular weight excluding hydrogens is 354 g/mol. The topological polar surface area (TPSA) is 61.9 Å². The van der Waals surface area contributed by atoms with Gasteiger partial charge in [0.2, 0.25) is 0 Å². The third-order valence-electron chi connectivity index (χ3n) is 4.58. The van der Waals surface area contributed by atoms with Gasteiger partial charge in [0.25, 0.3) is 5.91 Å². The smallest absolute Gasteiger partial charge is 0.351 e. The lowest BCUT2D eigenvalue weighted by molar-refractivity contribution is -0.119. The molecule has 1 N–H and O–H groups in total. The zero-order valence-electron chi connectivity index (χ0n) is 15.3. The van der Waals surface area contributed by atoms with Gasteiger partial charge in [-0.1, -0.05) is 48.5 Å². The van der Waals surface area contributed by atoms with Crippen molar-refractivity contribution in [3.8, 4) is 5.75 Å². The Bertz CT molecular complexity index is 975. The van der Waals surface area contributed by atoms with Gasteiger partial charge >= 0.3 is 6.03 Å². The van der Waals surface area contributed by atoms with Gasteiger partial charge in [-0.2, -0.15) is 0 Å². The number of nitrogens with zero attached hydrogens (tertiary/aromatic N) is 2. The van der Waals surface area contributed by atoms with Crippen molar-refractivity contribution in [1.82, 2.24) is 5.01 Å². The van der Waals surface area contributed by atoms with Gasteiger partial charge in [0.1, 0.15) is 5.75 Å². The first-order chi connectivity index (χ1) is 13.7. The molecule has 3 amide bonds. The van der Waals surface area contributed by atoms with Gasteiger partial charge in [0, 0.05) is 0 Å². The van der Waals surface area contributed by atoms with E-state index in [1.54, 1.807) is 55.6 Å². The maximum atomic E-state index is 13.2. The molecule has 1 fully saturated rings. The van der Waals surface area contributed by atoms with Crippen molar-refractivity contribution in [2.24, 2.45) is 0 Å². The molecule has 1 atom stereocenters. The highest BCUT2D eigenvalue weighted by Gasteiger charge is 2.47. The van der Waals surface area contributed by atoms with Crippen molar-refractivity contribution in [2.75, 3.05) is 17.4 Å². The van der Waals surface area contributed by atoms with Gasteiger partial charge in [0.15, 0.2) is 6.04 Å². The molecule has 0 aliphatic carbocycles. The predicted molar refractivity (Wildman–Crippen MR) is 107 cm³/mol. The van der Waals surface area contributed by atoms with Crippen LogP contribution >= 0.6 is 0 Å². The molecular formula is C22H19N3O3. The lowest BCUT2D eigenvalue weighted by Crippen LogP contribution is -2.36. The maximum Gasteiger partial charge on any atom is 0.351 e. The van der Waals surface area contributed by atoms with Gasteiger partial charge in [-0.05, 0) is 42.0 Å². The number of amides is 3. The van der Waals surface area contributed by atoms with Crippen LogP contribution in [0.5, 0.6) is 5.75 Å². The van der Waals surface area contributed by atoms with Crippen molar-refractivity contribution in [3.63, 3.8) is 0 Å². The summed E-state index contributed by atoms with van der Waals surface area (Å²) in [6, 6.07) is 24.2. The van der Waals surface area contributed by atoms with Crippen LogP contribution < -0.4 is 15.1 Å². The minimum Gasteiger partial charge on any atom is -0.497 e. The van der Waals surface area contributed by atoms with Gasteiger partial charge in [-0.15, -0.1) is 0 Å². The van der Waals surface area contributed by atoms with Crippen LogP contribution in [0.15, 0.2) is 84.9 Å². The molecule has 28 heavy (non-hydrogen) atoms. The molecule has 140 valence electrons. The quantitative estimate of drug-likeness (QED) is 0.680. The summed E-state index contributed by atoms with van der Waals surface area (Å²) in [5, 5.41) is 1.37. The van der Waals surface area contributed by atoms with Crippen LogP contribution in [-0.4, -0.2) is 24.1 Å². The summed E-state index contributed by atoms with van der Waals surface area (Å²) in [7, 11) is 1.59. The summed E-state index contributed by atoms with van der Waals surface area (Å²) in [6.45, 7) is 0. The van der Waals surface area contributed by atoms with Crippen molar-refractivity contribution >= 4 is 23.3 Å². The Morgan fingerprint density at radius 1 is 0.821 bits per heavy atom. The van der Waals surface area contributed by atoms with Crippen LogP contribution in [-0.2, 0) is 4.79 Å². The van der Waals surface area contributed by atoms with Crippen LogP contribution in [0, 0.1) is 0 Å². The number of carbonyl (C=O) groups excluding carboxylic acids is 2. The molecule has 6 nitrogen and oxygen atoms in total. The number of para-hydroxylation sites is 1. The standard InChI is InChI=1S/C22H19N3O3/c1-28-19-14-12-17(13-15-19)23-25-20(16-8-4-2-5-9-16)21(26)24(22(25)27)18-10-6-3-7-11-18/h2-15,20,23H,1H3/t20-/m1/s1. The molecule has 0 unspecified atom stereocenters. The molecule has 1 aliphatic heterocycles. The third kappa shape index (κ3) is 3.16. The van der Waals surface area contributed by atoms with E-state index in [0.29, 0.717) is 17.1 Å². The van der Waals surface area contributed by atoms with Crippen molar-refractivity contribution in [3.05, 3.63) is 90.5 Å². The maximum absolute atomic E-state index is 13.2. The number of imide groups is 1. The molecule has 3 aromatic carbocycles. The first kappa shape index (κ1) is 17.6. The Morgan fingerprint density at radius 2 is 1.43 bits per heavy atom. The molecule has 0 bridgehead atoms. The number of anilines is 2. The van der Waals surface area contributed by atoms with E-state index < -0.39 is 12.1 Å². The zero-order valence-corrected chi connectivity index (χ0v) is 15.3. The number of ether oxygens (including phenoxy) is 1. The van der Waals surface area contributed by atoms with Gasteiger partial charge < -0.3 is 4.74 Å². The number of hydrogen-bond donors (Lipinski definition) is 1. The normalized spacial score (nSPS) is 16.4. The molecule has 1 heterocycles. The van der Waals surface area contributed by atoms with E-state index >= 15 is 0 Å². The fourth-order valence-electron chi connectivity index (χ4n) is 3.20. The second-order valence-corrected chi connectivity index (χ2v) is 6.32. The molecule has 6 heteroatoms. The van der Waals surface area contributed by atoms with Crippen molar-refractivity contribution in [2.45, 2.75) is 6.04 Å². The number of hydrazine groups is 1. The summed E-state index contributed by atoms with van der Waals surface area (Å²) >= 11 is 0. The van der Waals surface area contributed by atoms with Crippen LogP contribution in [0.2, 0.25) is 0 Å². The van der Waals surface area contributed by atoms with Gasteiger partial charge in [-0.3, -0.25) is 10.2 Å². The Labute approximate surface area is 162 Å². The van der Waals surface area contributed by atoms with Crippen molar-refractivity contribution in [1.29, 1.82) is 0 Å². The molecule has 0 saturated carbocycles. The second-order valence-electron chi connectivity index (χ2n) is 6.32. The second kappa shape index (κ2) is 7.44. The molecule has 0 aromatic heterocycles. The third-order valence-corrected chi connectivity index (χ3v) is 4.58. The number of benzene rings is 3. The summed E-state index contributed by atoms with van der Waals surface area (Å²) < 4.78 is 5.17. The van der Waals surface area contributed by atoms with Crippen LogP contribution in [0.3, 0.4) is 0 Å². The van der Waals surface area contributed by atoms with Crippen LogP contribution in [0.4, 0.5) is 16.2 Å². The number of rotatable bonds is 5. The first-order valence-corrected chi connectivity index (χ1v) is 8.87. The van der Waals surface area contributed by atoms with E-state index in [1.807, 2.05) is 36.4 Å². The van der Waals surface area contributed by atoms with Crippen molar-refractivity contribution < 1.29 is 14.3 Å². The lowest BCUT2D eigenvalue weighted by atomic mass is 10.1. The summed E-state index contributed by atoms with van der Waals surface area (Å²) in [4.78, 5) is 27.6. The largest absolute Gasteiger partial charge is 0.497 e. The molecule has 4 rings (SSSR count). The van der Waals surface area contributed by atoms with Crippen LogP contribution in [0.25, 0.3) is 0 Å².